The first kappa shape index (κ1) is 19.5. The molecule has 1 heterocycles. The highest BCUT2D eigenvalue weighted by atomic mass is 19.1. The van der Waals surface area contributed by atoms with Gasteiger partial charge in [0.1, 0.15) is 5.82 Å². The summed E-state index contributed by atoms with van der Waals surface area (Å²) < 4.78 is 18.4. The van der Waals surface area contributed by atoms with Gasteiger partial charge in [-0.15, -0.1) is 0 Å². The van der Waals surface area contributed by atoms with Gasteiger partial charge in [-0.05, 0) is 48.7 Å². The lowest BCUT2D eigenvalue weighted by molar-refractivity contribution is -0.138. The zero-order valence-electron chi connectivity index (χ0n) is 16.0. The Kier molecular flexibility index (Phi) is 6.58. The maximum atomic E-state index is 13.4. The van der Waals surface area contributed by atoms with Crippen LogP contribution in [0.15, 0.2) is 48.5 Å². The van der Waals surface area contributed by atoms with Crippen molar-refractivity contribution in [2.24, 2.45) is 0 Å². The third-order valence-corrected chi connectivity index (χ3v) is 5.14. The standard InChI is InChI=1S/C22H27FN2O2/c1-24-16-19-7-4-3-6-18(19)14-21(24)22(26)25(12-5-13-27-2)15-17-8-10-20(23)11-9-17/h3-4,6-11,21H,5,12-16H2,1-2H3/t21-/m1/s1. The van der Waals surface area contributed by atoms with E-state index in [1.807, 2.05) is 24.1 Å². The van der Waals surface area contributed by atoms with Crippen LogP contribution in [0.1, 0.15) is 23.1 Å². The number of halogens is 1. The van der Waals surface area contributed by atoms with Crippen LogP contribution >= 0.6 is 0 Å². The van der Waals surface area contributed by atoms with Crippen LogP contribution in [0.3, 0.4) is 0 Å². The minimum absolute atomic E-state index is 0.118. The molecule has 0 aromatic heterocycles. The molecule has 0 fully saturated rings. The molecule has 5 heteroatoms. The minimum Gasteiger partial charge on any atom is -0.385 e. The number of nitrogens with zero attached hydrogens (tertiary/aromatic N) is 2. The molecule has 1 aliphatic heterocycles. The number of carbonyl (C=O) groups excluding carboxylic acids is 1. The van der Waals surface area contributed by atoms with Crippen molar-refractivity contribution in [3.63, 3.8) is 0 Å². The zero-order valence-corrected chi connectivity index (χ0v) is 16.0. The third kappa shape index (κ3) is 4.93. The van der Waals surface area contributed by atoms with Gasteiger partial charge in [-0.3, -0.25) is 9.69 Å². The highest BCUT2D eigenvalue weighted by molar-refractivity contribution is 5.82. The summed E-state index contributed by atoms with van der Waals surface area (Å²) in [5, 5.41) is 0. The average molecular weight is 370 g/mol. The van der Waals surface area contributed by atoms with Gasteiger partial charge in [-0.1, -0.05) is 36.4 Å². The second kappa shape index (κ2) is 9.11. The number of rotatable bonds is 7. The summed E-state index contributed by atoms with van der Waals surface area (Å²) in [6.45, 7) is 2.48. The smallest absolute Gasteiger partial charge is 0.240 e. The second-order valence-corrected chi connectivity index (χ2v) is 7.14. The van der Waals surface area contributed by atoms with E-state index in [0.29, 0.717) is 19.7 Å². The molecule has 3 rings (SSSR count). The molecule has 2 aromatic rings. The molecule has 0 spiro atoms. The molecule has 0 saturated heterocycles. The largest absolute Gasteiger partial charge is 0.385 e. The van der Waals surface area contributed by atoms with Gasteiger partial charge in [0.25, 0.3) is 0 Å². The summed E-state index contributed by atoms with van der Waals surface area (Å²) in [4.78, 5) is 17.4. The number of ether oxygens (including phenoxy) is 1. The summed E-state index contributed by atoms with van der Waals surface area (Å²) in [5.41, 5.74) is 3.46. The monoisotopic (exact) mass is 370 g/mol. The fraction of sp³-hybridized carbons (Fsp3) is 0.409. The second-order valence-electron chi connectivity index (χ2n) is 7.14. The van der Waals surface area contributed by atoms with Crippen molar-refractivity contribution in [2.45, 2.75) is 32.0 Å². The summed E-state index contributed by atoms with van der Waals surface area (Å²) >= 11 is 0. The van der Waals surface area contributed by atoms with Gasteiger partial charge in [0, 0.05) is 33.4 Å². The van der Waals surface area contributed by atoms with Crippen LogP contribution in [0, 0.1) is 5.82 Å². The van der Waals surface area contributed by atoms with E-state index in [1.165, 1.54) is 23.3 Å². The van der Waals surface area contributed by atoms with Crippen molar-refractivity contribution in [3.05, 3.63) is 71.0 Å². The Morgan fingerprint density at radius 1 is 1.19 bits per heavy atom. The summed E-state index contributed by atoms with van der Waals surface area (Å²) in [6, 6.07) is 14.5. The number of amides is 1. The first-order chi connectivity index (χ1) is 13.1. The number of carbonyl (C=O) groups is 1. The average Bonchev–Trinajstić information content (AvgIpc) is 2.68. The van der Waals surface area contributed by atoms with Crippen LogP contribution in [-0.2, 0) is 29.0 Å². The van der Waals surface area contributed by atoms with E-state index in [9.17, 15) is 9.18 Å². The van der Waals surface area contributed by atoms with Gasteiger partial charge in [-0.2, -0.15) is 0 Å². The fourth-order valence-electron chi connectivity index (χ4n) is 3.62. The molecule has 1 amide bonds. The molecule has 0 bridgehead atoms. The number of methoxy groups -OCH3 is 1. The molecule has 4 nitrogen and oxygen atoms in total. The van der Waals surface area contributed by atoms with Crippen LogP contribution in [0.5, 0.6) is 0 Å². The van der Waals surface area contributed by atoms with Crippen LogP contribution in [0.25, 0.3) is 0 Å². The Bertz CT molecular complexity index is 763. The molecule has 1 atom stereocenters. The molecule has 0 radical (unpaired) electrons. The van der Waals surface area contributed by atoms with Gasteiger partial charge in [0.15, 0.2) is 0 Å². The van der Waals surface area contributed by atoms with E-state index >= 15 is 0 Å². The lowest BCUT2D eigenvalue weighted by Crippen LogP contribution is -2.50. The fourth-order valence-corrected chi connectivity index (χ4v) is 3.62. The number of likely N-dealkylation sites (N-methyl/N-ethyl adjacent to an activating group) is 1. The number of hydrogen-bond acceptors (Lipinski definition) is 3. The molecule has 1 aliphatic rings. The van der Waals surface area contributed by atoms with Crippen molar-refractivity contribution in [1.82, 2.24) is 9.80 Å². The summed E-state index contributed by atoms with van der Waals surface area (Å²) in [6.07, 6.45) is 1.49. The lowest BCUT2D eigenvalue weighted by atomic mass is 9.93. The van der Waals surface area contributed by atoms with E-state index in [4.69, 9.17) is 4.74 Å². The molecular weight excluding hydrogens is 343 g/mol. The van der Waals surface area contributed by atoms with E-state index in [-0.39, 0.29) is 17.8 Å². The zero-order chi connectivity index (χ0) is 19.2. The first-order valence-electron chi connectivity index (χ1n) is 9.37. The van der Waals surface area contributed by atoms with Crippen molar-refractivity contribution in [2.75, 3.05) is 27.3 Å². The summed E-state index contributed by atoms with van der Waals surface area (Å²) in [5.74, 6) is -0.146. The topological polar surface area (TPSA) is 32.8 Å². The van der Waals surface area contributed by atoms with E-state index in [2.05, 4.69) is 17.0 Å². The Balaban J connectivity index is 1.76. The lowest BCUT2D eigenvalue weighted by Gasteiger charge is -2.36. The van der Waals surface area contributed by atoms with Gasteiger partial charge in [0.2, 0.25) is 5.91 Å². The molecule has 0 unspecified atom stereocenters. The highest BCUT2D eigenvalue weighted by Gasteiger charge is 2.32. The van der Waals surface area contributed by atoms with Crippen LogP contribution in [-0.4, -0.2) is 49.1 Å². The first-order valence-corrected chi connectivity index (χ1v) is 9.37. The van der Waals surface area contributed by atoms with Crippen molar-refractivity contribution in [3.8, 4) is 0 Å². The summed E-state index contributed by atoms with van der Waals surface area (Å²) in [7, 11) is 3.67. The van der Waals surface area contributed by atoms with Crippen LogP contribution in [0.4, 0.5) is 4.39 Å². The normalized spacial score (nSPS) is 16.8. The van der Waals surface area contributed by atoms with Gasteiger partial charge in [0.05, 0.1) is 6.04 Å². The van der Waals surface area contributed by atoms with E-state index < -0.39 is 0 Å². The quantitative estimate of drug-likeness (QED) is 0.702. The van der Waals surface area contributed by atoms with E-state index in [1.54, 1.807) is 19.2 Å². The van der Waals surface area contributed by atoms with Gasteiger partial charge in [-0.25, -0.2) is 4.39 Å². The van der Waals surface area contributed by atoms with Crippen molar-refractivity contribution in [1.29, 1.82) is 0 Å². The van der Waals surface area contributed by atoms with Crippen LogP contribution < -0.4 is 0 Å². The third-order valence-electron chi connectivity index (χ3n) is 5.14. The molecule has 144 valence electrons. The Hall–Kier alpha value is -2.24. The maximum absolute atomic E-state index is 13.4. The van der Waals surface area contributed by atoms with Crippen LogP contribution in [0.2, 0.25) is 0 Å². The number of fused-ring (bicyclic) bond motifs is 1. The molecule has 0 N–H and O–H groups in total. The molecule has 27 heavy (non-hydrogen) atoms. The Morgan fingerprint density at radius 3 is 2.59 bits per heavy atom. The van der Waals surface area contributed by atoms with Gasteiger partial charge < -0.3 is 9.64 Å². The number of hydrogen-bond donors (Lipinski definition) is 0. The highest BCUT2D eigenvalue weighted by Crippen LogP contribution is 2.23. The minimum atomic E-state index is -0.264. The Labute approximate surface area is 160 Å². The predicted molar refractivity (Wildman–Crippen MR) is 104 cm³/mol. The molecule has 0 saturated carbocycles. The van der Waals surface area contributed by atoms with Crippen molar-refractivity contribution < 1.29 is 13.9 Å². The molecular formula is C22H27FN2O2. The molecule has 2 aromatic carbocycles. The predicted octanol–water partition coefficient (Wildman–Crippen LogP) is 3.25. The van der Waals surface area contributed by atoms with Crippen molar-refractivity contribution >= 4 is 5.91 Å². The Morgan fingerprint density at radius 2 is 1.89 bits per heavy atom. The molecule has 0 aliphatic carbocycles. The van der Waals surface area contributed by atoms with Gasteiger partial charge >= 0.3 is 0 Å². The maximum Gasteiger partial charge on any atom is 0.240 e. The SMILES string of the molecule is COCCCN(Cc1ccc(F)cc1)C(=O)[C@H]1Cc2ccccc2CN1C. The number of benzene rings is 2. The van der Waals surface area contributed by atoms with E-state index in [0.717, 1.165) is 24.9 Å².